The molecule has 0 radical (unpaired) electrons. The third-order valence-electron chi connectivity index (χ3n) is 4.62. The lowest BCUT2D eigenvalue weighted by atomic mass is 9.97. The Morgan fingerprint density at radius 2 is 1.80 bits per heavy atom. The second-order valence-electron chi connectivity index (χ2n) is 6.36. The van der Waals surface area contributed by atoms with Crippen molar-refractivity contribution in [3.63, 3.8) is 0 Å². The van der Waals surface area contributed by atoms with E-state index in [-0.39, 0.29) is 12.4 Å². The van der Waals surface area contributed by atoms with Gasteiger partial charge in [0.1, 0.15) is 18.2 Å². The number of aliphatic hydroxyl groups excluding tert-OH is 1. The predicted octanol–water partition coefficient (Wildman–Crippen LogP) is 3.53. The van der Waals surface area contributed by atoms with Crippen molar-refractivity contribution in [2.45, 2.75) is 12.8 Å². The van der Waals surface area contributed by atoms with Gasteiger partial charge in [-0.3, -0.25) is 0 Å². The number of aliphatic hydroxyl groups is 1. The van der Waals surface area contributed by atoms with Gasteiger partial charge in [-0.2, -0.15) is 0 Å². The van der Waals surface area contributed by atoms with Gasteiger partial charge in [-0.25, -0.2) is 4.39 Å². The van der Waals surface area contributed by atoms with Crippen LogP contribution in [0, 0.1) is 11.7 Å². The molecule has 0 bridgehead atoms. The van der Waals surface area contributed by atoms with Crippen molar-refractivity contribution in [2.24, 2.45) is 5.92 Å². The summed E-state index contributed by atoms with van der Waals surface area (Å²) in [7, 11) is 0. The third-order valence-corrected chi connectivity index (χ3v) is 4.62. The summed E-state index contributed by atoms with van der Waals surface area (Å²) in [5.41, 5.74) is 2.29. The van der Waals surface area contributed by atoms with Gasteiger partial charge in [0, 0.05) is 26.2 Å². The molecule has 1 saturated heterocycles. The smallest absolute Gasteiger partial charge is 0.123 e. The molecule has 134 valence electrons. The summed E-state index contributed by atoms with van der Waals surface area (Å²) in [6.07, 6.45) is 2.05. The highest BCUT2D eigenvalue weighted by Crippen LogP contribution is 2.29. The van der Waals surface area contributed by atoms with E-state index in [1.165, 1.54) is 17.8 Å². The Morgan fingerprint density at radius 3 is 2.52 bits per heavy atom. The van der Waals surface area contributed by atoms with Crippen LogP contribution >= 0.6 is 0 Å². The molecule has 0 saturated carbocycles. The molecule has 2 aromatic rings. The molecule has 1 fully saturated rings. The highest BCUT2D eigenvalue weighted by Gasteiger charge is 2.20. The predicted molar refractivity (Wildman–Crippen MR) is 98.8 cm³/mol. The third kappa shape index (κ3) is 4.86. The summed E-state index contributed by atoms with van der Waals surface area (Å²) < 4.78 is 18.5. The molecule has 5 heteroatoms. The quantitative estimate of drug-likeness (QED) is 0.755. The summed E-state index contributed by atoms with van der Waals surface area (Å²) in [4.78, 5) is 2.37. The molecule has 0 amide bonds. The summed E-state index contributed by atoms with van der Waals surface area (Å²) in [5.74, 6) is 0.840. The number of ether oxygens (including phenoxy) is 1. The lowest BCUT2D eigenvalue weighted by Crippen LogP contribution is -2.35. The fraction of sp³-hybridized carbons (Fsp3) is 0.400. The van der Waals surface area contributed by atoms with Crippen LogP contribution in [0.1, 0.15) is 12.8 Å². The van der Waals surface area contributed by atoms with E-state index in [0.717, 1.165) is 31.6 Å². The largest absolute Gasteiger partial charge is 0.492 e. The second kappa shape index (κ2) is 8.72. The Kier molecular flexibility index (Phi) is 6.12. The molecule has 1 aliphatic heterocycles. The molecule has 2 N–H and O–H groups in total. The molecule has 0 aliphatic carbocycles. The summed E-state index contributed by atoms with van der Waals surface area (Å²) in [5, 5.41) is 12.7. The SMILES string of the molecule is OCC1CCN(c2ccccc2NCCOc2ccc(F)cc2)CC1. The fourth-order valence-electron chi connectivity index (χ4n) is 3.14. The molecule has 0 aromatic heterocycles. The van der Waals surface area contributed by atoms with Gasteiger partial charge in [0.2, 0.25) is 0 Å². The van der Waals surface area contributed by atoms with E-state index >= 15 is 0 Å². The zero-order valence-corrected chi connectivity index (χ0v) is 14.3. The van der Waals surface area contributed by atoms with Gasteiger partial charge in [0.15, 0.2) is 0 Å². The number of nitrogens with one attached hydrogen (secondary N) is 1. The Morgan fingerprint density at radius 1 is 1.08 bits per heavy atom. The molecule has 0 spiro atoms. The molecule has 0 atom stereocenters. The number of para-hydroxylation sites is 2. The van der Waals surface area contributed by atoms with Crippen molar-refractivity contribution >= 4 is 11.4 Å². The summed E-state index contributed by atoms with van der Waals surface area (Å²) in [6, 6.07) is 14.3. The number of hydrogen-bond acceptors (Lipinski definition) is 4. The minimum absolute atomic E-state index is 0.260. The first-order chi connectivity index (χ1) is 12.3. The van der Waals surface area contributed by atoms with E-state index in [1.807, 2.05) is 12.1 Å². The Balaban J connectivity index is 1.52. The highest BCUT2D eigenvalue weighted by molar-refractivity contribution is 5.70. The summed E-state index contributed by atoms with van der Waals surface area (Å²) in [6.45, 7) is 3.40. The van der Waals surface area contributed by atoms with E-state index in [0.29, 0.717) is 24.8 Å². The van der Waals surface area contributed by atoms with Crippen molar-refractivity contribution in [2.75, 3.05) is 43.1 Å². The van der Waals surface area contributed by atoms with Crippen LogP contribution in [-0.4, -0.2) is 38.0 Å². The van der Waals surface area contributed by atoms with Crippen molar-refractivity contribution in [3.8, 4) is 5.75 Å². The van der Waals surface area contributed by atoms with Crippen LogP contribution in [0.15, 0.2) is 48.5 Å². The molecular formula is C20H25FN2O2. The van der Waals surface area contributed by atoms with Gasteiger partial charge < -0.3 is 20.1 Å². The van der Waals surface area contributed by atoms with E-state index < -0.39 is 0 Å². The molecule has 3 rings (SSSR count). The van der Waals surface area contributed by atoms with Gasteiger partial charge in [0.25, 0.3) is 0 Å². The van der Waals surface area contributed by atoms with Crippen molar-refractivity contribution in [3.05, 3.63) is 54.3 Å². The lowest BCUT2D eigenvalue weighted by molar-refractivity contribution is 0.203. The van der Waals surface area contributed by atoms with E-state index in [2.05, 4.69) is 22.3 Å². The lowest BCUT2D eigenvalue weighted by Gasteiger charge is -2.34. The zero-order chi connectivity index (χ0) is 17.5. The number of anilines is 2. The fourth-order valence-corrected chi connectivity index (χ4v) is 3.14. The van der Waals surface area contributed by atoms with Gasteiger partial charge in [0.05, 0.1) is 11.4 Å². The Hall–Kier alpha value is -2.27. The van der Waals surface area contributed by atoms with Crippen LogP contribution in [0.3, 0.4) is 0 Å². The number of nitrogens with zero attached hydrogens (tertiary/aromatic N) is 1. The maximum Gasteiger partial charge on any atom is 0.123 e. The molecule has 4 nitrogen and oxygen atoms in total. The van der Waals surface area contributed by atoms with Crippen molar-refractivity contribution in [1.29, 1.82) is 0 Å². The molecule has 1 aliphatic rings. The molecule has 2 aromatic carbocycles. The first-order valence-electron chi connectivity index (χ1n) is 8.83. The van der Waals surface area contributed by atoms with Gasteiger partial charge in [-0.15, -0.1) is 0 Å². The number of halogens is 1. The average molecular weight is 344 g/mol. The van der Waals surface area contributed by atoms with Crippen LogP contribution in [0.4, 0.5) is 15.8 Å². The van der Waals surface area contributed by atoms with Crippen LogP contribution in [0.2, 0.25) is 0 Å². The Bertz CT molecular complexity index is 655. The molecule has 1 heterocycles. The average Bonchev–Trinajstić information content (AvgIpc) is 2.67. The zero-order valence-electron chi connectivity index (χ0n) is 14.3. The number of rotatable bonds is 7. The van der Waals surface area contributed by atoms with Gasteiger partial charge in [-0.05, 0) is 55.2 Å². The monoisotopic (exact) mass is 344 g/mol. The topological polar surface area (TPSA) is 44.7 Å². The van der Waals surface area contributed by atoms with Crippen molar-refractivity contribution < 1.29 is 14.2 Å². The summed E-state index contributed by atoms with van der Waals surface area (Å²) >= 11 is 0. The van der Waals surface area contributed by atoms with Crippen LogP contribution in [0.25, 0.3) is 0 Å². The van der Waals surface area contributed by atoms with Gasteiger partial charge >= 0.3 is 0 Å². The maximum absolute atomic E-state index is 12.9. The second-order valence-corrected chi connectivity index (χ2v) is 6.36. The molecular weight excluding hydrogens is 319 g/mol. The van der Waals surface area contributed by atoms with Crippen LogP contribution in [0.5, 0.6) is 5.75 Å². The first kappa shape index (κ1) is 17.5. The number of piperidine rings is 1. The maximum atomic E-state index is 12.9. The molecule has 25 heavy (non-hydrogen) atoms. The first-order valence-corrected chi connectivity index (χ1v) is 8.83. The number of benzene rings is 2. The minimum atomic E-state index is -0.260. The van der Waals surface area contributed by atoms with Gasteiger partial charge in [-0.1, -0.05) is 12.1 Å². The van der Waals surface area contributed by atoms with E-state index in [1.54, 1.807) is 12.1 Å². The standard InChI is InChI=1S/C20H25FN2O2/c21-17-5-7-18(8-6-17)25-14-11-22-19-3-1-2-4-20(19)23-12-9-16(15-24)10-13-23/h1-8,16,22,24H,9-15H2. The molecule has 0 unspecified atom stereocenters. The van der Waals surface area contributed by atoms with Crippen molar-refractivity contribution in [1.82, 2.24) is 0 Å². The Labute approximate surface area is 148 Å². The van der Waals surface area contributed by atoms with E-state index in [4.69, 9.17) is 4.74 Å². The highest BCUT2D eigenvalue weighted by atomic mass is 19.1. The normalized spacial score (nSPS) is 15.2. The number of hydrogen-bond donors (Lipinski definition) is 2. The van der Waals surface area contributed by atoms with Crippen LogP contribution < -0.4 is 15.0 Å². The minimum Gasteiger partial charge on any atom is -0.492 e. The van der Waals surface area contributed by atoms with E-state index in [9.17, 15) is 9.50 Å². The van der Waals surface area contributed by atoms with Crippen LogP contribution in [-0.2, 0) is 0 Å².